The van der Waals surface area contributed by atoms with E-state index in [1.54, 1.807) is 11.8 Å². The van der Waals surface area contributed by atoms with E-state index in [1.165, 1.54) is 69.8 Å². The normalized spacial score (nSPS) is 10.9. The number of unbranched alkanes of at least 4 members (excludes halogenated alkanes) is 9. The Hall–Kier alpha value is -0.760. The van der Waals surface area contributed by atoms with Gasteiger partial charge in [0.2, 0.25) is 0 Å². The largest absolute Gasteiger partial charge is 0.287 e. The lowest BCUT2D eigenvalue weighted by Gasteiger charge is -2.03. The molecule has 0 N–H and O–H groups in total. The van der Waals surface area contributed by atoms with Crippen molar-refractivity contribution in [2.24, 2.45) is 0 Å². The summed E-state index contributed by atoms with van der Waals surface area (Å²) in [5.74, 6) is 1.01. The van der Waals surface area contributed by atoms with Crippen LogP contribution in [0.3, 0.4) is 0 Å². The second-order valence-electron chi connectivity index (χ2n) is 6.74. The van der Waals surface area contributed by atoms with Gasteiger partial charge in [-0.05, 0) is 24.8 Å². The number of rotatable bonds is 15. The van der Waals surface area contributed by atoms with E-state index in [0.29, 0.717) is 5.12 Å². The van der Waals surface area contributed by atoms with Gasteiger partial charge in [-0.3, -0.25) is 4.79 Å². The number of benzene rings is 1. The predicted octanol–water partition coefficient (Wildman–Crippen LogP) is 7.19. The topological polar surface area (TPSA) is 17.1 Å². The highest BCUT2D eigenvalue weighted by Crippen LogP contribution is 2.15. The molecule has 0 fully saturated rings. The molecule has 0 saturated carbocycles. The maximum atomic E-state index is 11.9. The van der Waals surface area contributed by atoms with Gasteiger partial charge in [0.1, 0.15) is 0 Å². The molecule has 0 saturated heterocycles. The van der Waals surface area contributed by atoms with Crippen LogP contribution < -0.4 is 0 Å². The summed E-state index contributed by atoms with van der Waals surface area (Å²) in [6.07, 6.45) is 16.3. The minimum absolute atomic E-state index is 0.377. The van der Waals surface area contributed by atoms with Gasteiger partial charge in [-0.2, -0.15) is 0 Å². The van der Waals surface area contributed by atoms with E-state index in [9.17, 15) is 4.79 Å². The van der Waals surface area contributed by atoms with Crippen LogP contribution in [0.1, 0.15) is 89.5 Å². The molecule has 0 atom stereocenters. The lowest BCUT2D eigenvalue weighted by Crippen LogP contribution is -1.95. The Balaban J connectivity index is 1.82. The summed E-state index contributed by atoms with van der Waals surface area (Å²) in [6, 6.07) is 10.5. The molecule has 0 aliphatic carbocycles. The third kappa shape index (κ3) is 12.6. The van der Waals surface area contributed by atoms with Gasteiger partial charge in [-0.15, -0.1) is 0 Å². The van der Waals surface area contributed by atoms with Gasteiger partial charge in [0.05, 0.1) is 0 Å². The molecule has 24 heavy (non-hydrogen) atoms. The van der Waals surface area contributed by atoms with Crippen LogP contribution in [-0.4, -0.2) is 10.9 Å². The highest BCUT2D eigenvalue weighted by Gasteiger charge is 2.03. The fourth-order valence-electron chi connectivity index (χ4n) is 2.93. The molecular weight excluding hydrogens is 312 g/mol. The van der Waals surface area contributed by atoms with Crippen LogP contribution in [0.5, 0.6) is 0 Å². The quantitative estimate of drug-likeness (QED) is 0.312. The first-order valence-corrected chi connectivity index (χ1v) is 11.0. The molecule has 0 radical (unpaired) electrons. The smallest absolute Gasteiger partial charge is 0.188 e. The molecule has 0 aliphatic rings. The van der Waals surface area contributed by atoms with Crippen molar-refractivity contribution in [1.82, 2.24) is 0 Å². The average Bonchev–Trinajstić information content (AvgIpc) is 2.60. The predicted molar refractivity (Wildman–Crippen MR) is 109 cm³/mol. The highest BCUT2D eigenvalue weighted by molar-refractivity contribution is 8.13. The zero-order valence-corrected chi connectivity index (χ0v) is 16.4. The van der Waals surface area contributed by atoms with Gasteiger partial charge in [-0.1, -0.05) is 107 Å². The van der Waals surface area contributed by atoms with Crippen molar-refractivity contribution in [3.63, 3.8) is 0 Å². The number of hydrogen-bond donors (Lipinski definition) is 0. The van der Waals surface area contributed by atoms with Crippen LogP contribution in [0.4, 0.5) is 0 Å². The van der Waals surface area contributed by atoms with Gasteiger partial charge >= 0.3 is 0 Å². The van der Waals surface area contributed by atoms with Gasteiger partial charge in [0.15, 0.2) is 5.12 Å². The van der Waals surface area contributed by atoms with Crippen molar-refractivity contribution in [3.05, 3.63) is 35.9 Å². The molecule has 0 bridgehead atoms. The molecule has 0 unspecified atom stereocenters. The zero-order valence-electron chi connectivity index (χ0n) is 15.6. The standard InChI is InChI=1S/C22H36OS/c1-2-3-4-5-6-7-8-9-10-14-20-24-22(23)19-15-18-21-16-12-11-13-17-21/h11-13,16-17H,2-10,14-15,18-20H2,1H3. The molecule has 1 nitrogen and oxygen atoms in total. The number of carbonyl (C=O) groups is 1. The average molecular weight is 349 g/mol. The Kier molecular flexibility index (Phi) is 14.0. The molecule has 2 heteroatoms. The van der Waals surface area contributed by atoms with Crippen LogP contribution in [0.25, 0.3) is 0 Å². The Morgan fingerprint density at radius 1 is 0.792 bits per heavy atom. The van der Waals surface area contributed by atoms with Crippen molar-refractivity contribution < 1.29 is 4.79 Å². The molecule has 0 spiro atoms. The molecule has 1 aromatic carbocycles. The van der Waals surface area contributed by atoms with E-state index >= 15 is 0 Å². The molecule has 0 aromatic heterocycles. The van der Waals surface area contributed by atoms with Crippen molar-refractivity contribution in [2.75, 3.05) is 5.75 Å². The maximum Gasteiger partial charge on any atom is 0.188 e. The summed E-state index contributed by atoms with van der Waals surface area (Å²) < 4.78 is 0. The lowest BCUT2D eigenvalue weighted by atomic mass is 10.1. The number of carbonyl (C=O) groups excluding carboxylic acids is 1. The fourth-order valence-corrected chi connectivity index (χ4v) is 3.79. The van der Waals surface area contributed by atoms with E-state index < -0.39 is 0 Å². The van der Waals surface area contributed by atoms with E-state index in [2.05, 4.69) is 31.2 Å². The molecule has 1 rings (SSSR count). The van der Waals surface area contributed by atoms with E-state index in [-0.39, 0.29) is 0 Å². The summed E-state index contributed by atoms with van der Waals surface area (Å²) >= 11 is 1.55. The lowest BCUT2D eigenvalue weighted by molar-refractivity contribution is -0.111. The van der Waals surface area contributed by atoms with Gasteiger partial charge in [-0.25, -0.2) is 0 Å². The minimum atomic E-state index is 0.377. The molecule has 0 heterocycles. The van der Waals surface area contributed by atoms with Crippen LogP contribution in [0.2, 0.25) is 0 Å². The van der Waals surface area contributed by atoms with Crippen LogP contribution in [0, 0.1) is 0 Å². The second-order valence-corrected chi connectivity index (χ2v) is 7.89. The van der Waals surface area contributed by atoms with Crippen molar-refractivity contribution in [3.8, 4) is 0 Å². The summed E-state index contributed by atoms with van der Waals surface area (Å²) in [4.78, 5) is 11.9. The summed E-state index contributed by atoms with van der Waals surface area (Å²) in [7, 11) is 0. The Morgan fingerprint density at radius 3 is 2.00 bits per heavy atom. The van der Waals surface area contributed by atoms with E-state index in [0.717, 1.165) is 25.0 Å². The maximum absolute atomic E-state index is 11.9. The first-order chi connectivity index (χ1) is 11.8. The van der Waals surface area contributed by atoms with Gasteiger partial charge in [0.25, 0.3) is 0 Å². The third-order valence-corrected chi connectivity index (χ3v) is 5.47. The summed E-state index contributed by atoms with van der Waals surface area (Å²) in [5.41, 5.74) is 1.34. The zero-order chi connectivity index (χ0) is 17.3. The van der Waals surface area contributed by atoms with Crippen LogP contribution >= 0.6 is 11.8 Å². The molecule has 1 aromatic rings. The first-order valence-electron chi connectivity index (χ1n) is 10.0. The van der Waals surface area contributed by atoms with Crippen LogP contribution in [-0.2, 0) is 11.2 Å². The van der Waals surface area contributed by atoms with Gasteiger partial charge < -0.3 is 0 Å². The van der Waals surface area contributed by atoms with Gasteiger partial charge in [0, 0.05) is 12.2 Å². The first kappa shape index (κ1) is 21.3. The van der Waals surface area contributed by atoms with E-state index in [4.69, 9.17) is 0 Å². The summed E-state index contributed by atoms with van der Waals surface area (Å²) in [5, 5.41) is 0.377. The summed E-state index contributed by atoms with van der Waals surface area (Å²) in [6.45, 7) is 2.27. The molecule has 136 valence electrons. The van der Waals surface area contributed by atoms with Crippen molar-refractivity contribution in [1.29, 1.82) is 0 Å². The van der Waals surface area contributed by atoms with E-state index in [1.807, 2.05) is 6.07 Å². The number of aryl methyl sites for hydroxylation is 1. The van der Waals surface area contributed by atoms with Crippen molar-refractivity contribution >= 4 is 16.9 Å². The molecular formula is C22H36OS. The highest BCUT2D eigenvalue weighted by atomic mass is 32.2. The SMILES string of the molecule is CCCCCCCCCCCCSC(=O)CCCc1ccccc1. The Bertz CT molecular complexity index is 402. The number of thioether (sulfide) groups is 1. The monoisotopic (exact) mass is 348 g/mol. The van der Waals surface area contributed by atoms with Crippen LogP contribution in [0.15, 0.2) is 30.3 Å². The Morgan fingerprint density at radius 2 is 1.38 bits per heavy atom. The fraction of sp³-hybridized carbons (Fsp3) is 0.682. The molecule has 0 amide bonds. The second kappa shape index (κ2) is 15.7. The Labute approximate surface area is 154 Å². The van der Waals surface area contributed by atoms with Crippen molar-refractivity contribution in [2.45, 2.75) is 90.4 Å². The minimum Gasteiger partial charge on any atom is -0.287 e. The third-order valence-electron chi connectivity index (χ3n) is 4.45. The molecule has 0 aliphatic heterocycles. The number of hydrogen-bond acceptors (Lipinski definition) is 2.